The Morgan fingerprint density at radius 1 is 1.09 bits per heavy atom. The fraction of sp³-hybridized carbons (Fsp3) is 0.455. The third-order valence-corrected chi connectivity index (χ3v) is 5.74. The van der Waals surface area contributed by atoms with Crippen LogP contribution < -0.4 is 9.47 Å². The van der Waals surface area contributed by atoms with Crippen molar-refractivity contribution in [2.24, 2.45) is 0 Å². The number of hydrogen-bond acceptors (Lipinski definition) is 9. The largest absolute Gasteiger partial charge is 0.493 e. The molecule has 4 rings (SSSR count). The van der Waals surface area contributed by atoms with Crippen molar-refractivity contribution in [2.75, 3.05) is 54.1 Å². The number of amides is 1. The van der Waals surface area contributed by atoms with Crippen LogP contribution in [0.1, 0.15) is 28.0 Å². The number of para-hydroxylation sites is 1. The maximum absolute atomic E-state index is 12.7. The average molecular weight is 493 g/mol. The Kier molecular flexibility index (Phi) is 8.85. The maximum atomic E-state index is 12.7. The van der Waals surface area contributed by atoms with Crippen molar-refractivity contribution in [3.63, 3.8) is 0 Å². The first-order chi connectivity index (χ1) is 16.2. The van der Waals surface area contributed by atoms with Gasteiger partial charge in [-0.05, 0) is 28.6 Å². The number of piperazine rings is 1. The van der Waals surface area contributed by atoms with Gasteiger partial charge >= 0.3 is 0 Å². The highest BCUT2D eigenvalue weighted by atomic mass is 35.5. The van der Waals surface area contributed by atoms with E-state index in [1.54, 1.807) is 43.0 Å². The molecule has 0 N–H and O–H groups in total. The number of halogens is 1. The van der Waals surface area contributed by atoms with Gasteiger partial charge in [-0.1, -0.05) is 12.1 Å². The van der Waals surface area contributed by atoms with Gasteiger partial charge in [0.05, 0.1) is 33.6 Å². The van der Waals surface area contributed by atoms with E-state index < -0.39 is 0 Å². The number of hydrogen-bond donors (Lipinski definition) is 0. The second-order valence-corrected chi connectivity index (χ2v) is 7.54. The third kappa shape index (κ3) is 5.16. The molecule has 0 aliphatic carbocycles. The molecule has 1 amide bonds. The van der Waals surface area contributed by atoms with E-state index in [-0.39, 0.29) is 24.4 Å². The molecule has 184 valence electrons. The number of carbonyl (C=O) groups is 1. The van der Waals surface area contributed by atoms with Gasteiger partial charge in [-0.2, -0.15) is 0 Å². The summed E-state index contributed by atoms with van der Waals surface area (Å²) in [7, 11) is 4.87. The smallest absolute Gasteiger partial charge is 0.289 e. The molecule has 1 aliphatic heterocycles. The first kappa shape index (κ1) is 25.5. The van der Waals surface area contributed by atoms with Crippen LogP contribution in [0, 0.1) is 0 Å². The van der Waals surface area contributed by atoms with E-state index in [2.05, 4.69) is 20.4 Å². The molecule has 1 saturated heterocycles. The van der Waals surface area contributed by atoms with Crippen LogP contribution in [-0.4, -0.2) is 90.0 Å². The summed E-state index contributed by atoms with van der Waals surface area (Å²) in [6.45, 7) is 3.32. The van der Waals surface area contributed by atoms with E-state index in [0.29, 0.717) is 62.4 Å². The number of methoxy groups -OCH3 is 3. The molecule has 2 aromatic heterocycles. The normalized spacial score (nSPS) is 15.0. The fourth-order valence-corrected chi connectivity index (χ4v) is 4.11. The van der Waals surface area contributed by atoms with Crippen molar-refractivity contribution in [1.29, 1.82) is 0 Å². The Labute approximate surface area is 204 Å². The van der Waals surface area contributed by atoms with Gasteiger partial charge in [0, 0.05) is 38.9 Å². The quantitative estimate of drug-likeness (QED) is 0.442. The first-order valence-corrected chi connectivity index (χ1v) is 10.7. The summed E-state index contributed by atoms with van der Waals surface area (Å²) in [5, 5.41) is 12.5. The standard InChI is InChI=1S/C22H28N6O5.ClH/c1-30-15-13-28-21(23-24-25-28)19(16-6-4-7-17(31-2)20(16)32-3)26-9-11-27(12-10-26)22(29)18-8-5-14-33-18;/h4-8,14,19H,9-13,15H2,1-3H3;1H. The number of tetrazole rings is 1. The Balaban J connectivity index is 0.00000324. The molecule has 34 heavy (non-hydrogen) atoms. The Morgan fingerprint density at radius 2 is 1.88 bits per heavy atom. The van der Waals surface area contributed by atoms with Crippen LogP contribution in [0.25, 0.3) is 0 Å². The van der Waals surface area contributed by atoms with Gasteiger partial charge in [0.1, 0.15) is 6.04 Å². The predicted octanol–water partition coefficient (Wildman–Crippen LogP) is 1.90. The summed E-state index contributed by atoms with van der Waals surface area (Å²) < 4.78 is 23.5. The maximum Gasteiger partial charge on any atom is 0.289 e. The molecular weight excluding hydrogens is 464 g/mol. The number of benzene rings is 1. The molecular formula is C22H29ClN6O5. The number of furan rings is 1. The highest BCUT2D eigenvalue weighted by Crippen LogP contribution is 2.39. The third-order valence-electron chi connectivity index (χ3n) is 5.74. The van der Waals surface area contributed by atoms with E-state index in [9.17, 15) is 4.79 Å². The Bertz CT molecular complexity index is 1050. The molecule has 11 nitrogen and oxygen atoms in total. The van der Waals surface area contributed by atoms with Gasteiger partial charge in [0.2, 0.25) is 0 Å². The van der Waals surface area contributed by atoms with Gasteiger partial charge in [-0.3, -0.25) is 9.69 Å². The number of nitrogens with zero attached hydrogens (tertiary/aromatic N) is 6. The summed E-state index contributed by atoms with van der Waals surface area (Å²) in [4.78, 5) is 16.8. The van der Waals surface area contributed by atoms with E-state index in [1.165, 1.54) is 6.26 Å². The SMILES string of the molecule is COCCn1nnnc1C(c1cccc(OC)c1OC)N1CCN(C(=O)c2ccco2)CC1.Cl. The van der Waals surface area contributed by atoms with Crippen molar-refractivity contribution in [1.82, 2.24) is 30.0 Å². The second kappa shape index (κ2) is 11.8. The van der Waals surface area contributed by atoms with Crippen LogP contribution in [0.4, 0.5) is 0 Å². The average Bonchev–Trinajstić information content (AvgIpc) is 3.55. The first-order valence-electron chi connectivity index (χ1n) is 10.7. The highest BCUT2D eigenvalue weighted by Gasteiger charge is 2.34. The van der Waals surface area contributed by atoms with Crippen molar-refractivity contribution in [3.8, 4) is 11.5 Å². The second-order valence-electron chi connectivity index (χ2n) is 7.54. The van der Waals surface area contributed by atoms with Crippen LogP contribution in [-0.2, 0) is 11.3 Å². The van der Waals surface area contributed by atoms with E-state index in [4.69, 9.17) is 18.6 Å². The van der Waals surface area contributed by atoms with Gasteiger partial charge in [-0.25, -0.2) is 4.68 Å². The van der Waals surface area contributed by atoms with Gasteiger partial charge < -0.3 is 23.5 Å². The highest BCUT2D eigenvalue weighted by molar-refractivity contribution is 5.91. The number of carbonyl (C=O) groups excluding carboxylic acids is 1. The monoisotopic (exact) mass is 492 g/mol. The van der Waals surface area contributed by atoms with Gasteiger partial charge in [0.15, 0.2) is 23.1 Å². The Hall–Kier alpha value is -3.15. The number of rotatable bonds is 9. The summed E-state index contributed by atoms with van der Waals surface area (Å²) >= 11 is 0. The number of ether oxygens (including phenoxy) is 3. The number of aromatic nitrogens is 4. The van der Waals surface area contributed by atoms with Gasteiger partial charge in [0.25, 0.3) is 5.91 Å². The van der Waals surface area contributed by atoms with Crippen molar-refractivity contribution in [2.45, 2.75) is 12.6 Å². The lowest BCUT2D eigenvalue weighted by atomic mass is 10.0. The molecule has 12 heteroatoms. The fourth-order valence-electron chi connectivity index (χ4n) is 4.11. The molecule has 3 heterocycles. The molecule has 0 radical (unpaired) electrons. The molecule has 1 aliphatic rings. The van der Waals surface area contributed by atoms with Crippen molar-refractivity contribution < 1.29 is 23.4 Å². The lowest BCUT2D eigenvalue weighted by Crippen LogP contribution is -2.50. The zero-order valence-corrected chi connectivity index (χ0v) is 20.2. The van der Waals surface area contributed by atoms with Crippen LogP contribution in [0.3, 0.4) is 0 Å². The Morgan fingerprint density at radius 3 is 2.53 bits per heavy atom. The minimum atomic E-state index is -0.303. The molecule has 1 atom stereocenters. The zero-order valence-electron chi connectivity index (χ0n) is 19.4. The molecule has 0 saturated carbocycles. The predicted molar refractivity (Wildman–Crippen MR) is 125 cm³/mol. The summed E-state index contributed by atoms with van der Waals surface area (Å²) in [6, 6.07) is 8.86. The van der Waals surface area contributed by atoms with E-state index in [0.717, 1.165) is 5.56 Å². The van der Waals surface area contributed by atoms with Crippen LogP contribution in [0.15, 0.2) is 41.0 Å². The molecule has 0 spiro atoms. The minimum Gasteiger partial charge on any atom is -0.493 e. The summed E-state index contributed by atoms with van der Waals surface area (Å²) in [5.74, 6) is 2.16. The van der Waals surface area contributed by atoms with Crippen LogP contribution in [0.2, 0.25) is 0 Å². The van der Waals surface area contributed by atoms with Crippen molar-refractivity contribution in [3.05, 3.63) is 53.7 Å². The lowest BCUT2D eigenvalue weighted by molar-refractivity contribution is 0.0555. The minimum absolute atomic E-state index is 0. The molecule has 1 fully saturated rings. The molecule has 1 unspecified atom stereocenters. The van der Waals surface area contributed by atoms with Crippen molar-refractivity contribution >= 4 is 18.3 Å². The zero-order chi connectivity index (χ0) is 23.2. The molecule has 1 aromatic carbocycles. The summed E-state index contributed by atoms with van der Waals surface area (Å²) in [5.41, 5.74) is 0.885. The van der Waals surface area contributed by atoms with Crippen LogP contribution >= 0.6 is 12.4 Å². The molecule has 0 bridgehead atoms. The molecule has 3 aromatic rings. The van der Waals surface area contributed by atoms with E-state index in [1.807, 2.05) is 18.2 Å². The van der Waals surface area contributed by atoms with Gasteiger partial charge in [-0.15, -0.1) is 17.5 Å². The summed E-state index contributed by atoms with van der Waals surface area (Å²) in [6.07, 6.45) is 1.51. The van der Waals surface area contributed by atoms with E-state index >= 15 is 0 Å². The topological polar surface area (TPSA) is 108 Å². The lowest BCUT2D eigenvalue weighted by Gasteiger charge is -2.39. The van der Waals surface area contributed by atoms with Crippen LogP contribution in [0.5, 0.6) is 11.5 Å².